The van der Waals surface area contributed by atoms with Crippen LogP contribution in [0, 0.1) is 11.3 Å². The number of halogens is 3. The Morgan fingerprint density at radius 3 is 2.65 bits per heavy atom. The normalized spacial score (nSPS) is 27.7. The molecule has 3 aliphatic rings. The maximum absolute atomic E-state index is 13.7. The Bertz CT molecular complexity index is 1160. The van der Waals surface area contributed by atoms with Crippen LogP contribution in [0.4, 0.5) is 13.2 Å². The van der Waals surface area contributed by atoms with E-state index in [1.54, 1.807) is 0 Å². The number of ether oxygens (including phenoxy) is 1. The average Bonchev–Trinajstić information content (AvgIpc) is 3.32. The van der Waals surface area contributed by atoms with Crippen LogP contribution in [0.3, 0.4) is 0 Å². The van der Waals surface area contributed by atoms with Crippen LogP contribution in [0.25, 0.3) is 5.52 Å². The van der Waals surface area contributed by atoms with Crippen molar-refractivity contribution in [3.05, 3.63) is 40.1 Å². The lowest BCUT2D eigenvalue weighted by atomic mass is 9.64. The zero-order chi connectivity index (χ0) is 24.3. The summed E-state index contributed by atoms with van der Waals surface area (Å²) in [7, 11) is 2.03. The summed E-state index contributed by atoms with van der Waals surface area (Å²) in [6.07, 6.45) is 1.64. The maximum Gasteiger partial charge on any atom is 0.418 e. The standard InChI is InChI=1S/C22H28F3N5O4/c1-28-12-26-27-18(28)7-21(10-34-11-21)14-3-2-4-15(6-14)29-9-17-16(22(23,24)25)5-13(19(31)32)8-30(17)20(29)33/h5,8-9,14-15,18,26-27H,2-4,6-7,10-12H2,1H3,(H,31,32). The predicted octanol–water partition coefficient (Wildman–Crippen LogP) is 2.28. The molecule has 34 heavy (non-hydrogen) atoms. The third-order valence-corrected chi connectivity index (χ3v) is 7.76. The number of alkyl halides is 3. The SMILES string of the molecule is CN1CNNC1CC1(C2CCCC(n3cc4c(C(F)(F)F)cc(C(=O)O)cn4c3=O)C2)COC1. The van der Waals surface area contributed by atoms with Gasteiger partial charge in [-0.1, -0.05) is 6.42 Å². The maximum atomic E-state index is 13.7. The van der Waals surface area contributed by atoms with Crippen molar-refractivity contribution in [2.75, 3.05) is 26.9 Å². The van der Waals surface area contributed by atoms with Crippen LogP contribution in [0.1, 0.15) is 54.1 Å². The molecule has 3 fully saturated rings. The average molecular weight is 483 g/mol. The van der Waals surface area contributed by atoms with Crippen LogP contribution in [0.2, 0.25) is 0 Å². The van der Waals surface area contributed by atoms with Crippen molar-refractivity contribution in [1.29, 1.82) is 0 Å². The second-order valence-electron chi connectivity index (χ2n) is 9.85. The van der Waals surface area contributed by atoms with Crippen molar-refractivity contribution in [1.82, 2.24) is 24.7 Å². The molecule has 0 aromatic carbocycles. The Labute approximate surface area is 193 Å². The van der Waals surface area contributed by atoms with Gasteiger partial charge < -0.3 is 9.84 Å². The van der Waals surface area contributed by atoms with Crippen LogP contribution in [-0.4, -0.2) is 58.0 Å². The quantitative estimate of drug-likeness (QED) is 0.600. The number of aromatic nitrogens is 2. The summed E-state index contributed by atoms with van der Waals surface area (Å²) in [4.78, 5) is 26.7. The summed E-state index contributed by atoms with van der Waals surface area (Å²) in [5.74, 6) is -1.25. The molecular formula is C22H28F3N5O4. The number of carbonyl (C=O) groups is 1. The van der Waals surface area contributed by atoms with Crippen molar-refractivity contribution in [3.8, 4) is 0 Å². The fraction of sp³-hybridized carbons (Fsp3) is 0.636. The first-order valence-corrected chi connectivity index (χ1v) is 11.4. The zero-order valence-corrected chi connectivity index (χ0v) is 18.8. The Hall–Kier alpha value is -2.41. The number of hydrazine groups is 1. The number of pyridine rings is 1. The highest BCUT2D eigenvalue weighted by Crippen LogP contribution is 2.49. The second kappa shape index (κ2) is 8.36. The van der Waals surface area contributed by atoms with Gasteiger partial charge in [-0.05, 0) is 44.7 Å². The molecular weight excluding hydrogens is 455 g/mol. The highest BCUT2D eigenvalue weighted by atomic mass is 19.4. The molecule has 4 heterocycles. The smallest absolute Gasteiger partial charge is 0.418 e. The van der Waals surface area contributed by atoms with Crippen LogP contribution < -0.4 is 16.5 Å². The lowest BCUT2D eigenvalue weighted by Crippen LogP contribution is -2.54. The summed E-state index contributed by atoms with van der Waals surface area (Å²) in [5.41, 5.74) is 3.70. The van der Waals surface area contributed by atoms with E-state index in [0.717, 1.165) is 36.5 Å². The second-order valence-corrected chi connectivity index (χ2v) is 9.85. The van der Waals surface area contributed by atoms with E-state index >= 15 is 0 Å². The van der Waals surface area contributed by atoms with Crippen molar-refractivity contribution in [2.24, 2.45) is 11.3 Å². The Morgan fingerprint density at radius 2 is 2.06 bits per heavy atom. The molecule has 186 valence electrons. The minimum Gasteiger partial charge on any atom is -0.478 e. The van der Waals surface area contributed by atoms with Crippen molar-refractivity contribution in [2.45, 2.75) is 50.5 Å². The van der Waals surface area contributed by atoms with Crippen molar-refractivity contribution in [3.63, 3.8) is 0 Å². The first-order chi connectivity index (χ1) is 16.1. The summed E-state index contributed by atoms with van der Waals surface area (Å²) in [6, 6.07) is 0.329. The van der Waals surface area contributed by atoms with Gasteiger partial charge in [0, 0.05) is 23.9 Å². The third-order valence-electron chi connectivity index (χ3n) is 7.76. The first-order valence-electron chi connectivity index (χ1n) is 11.4. The fourth-order valence-corrected chi connectivity index (χ4v) is 5.77. The van der Waals surface area contributed by atoms with E-state index in [9.17, 15) is 27.9 Å². The lowest BCUT2D eigenvalue weighted by molar-refractivity contribution is -0.167. The van der Waals surface area contributed by atoms with E-state index < -0.39 is 29.0 Å². The Morgan fingerprint density at radius 1 is 1.29 bits per heavy atom. The van der Waals surface area contributed by atoms with Gasteiger partial charge in [0.2, 0.25) is 0 Å². The van der Waals surface area contributed by atoms with Gasteiger partial charge >= 0.3 is 17.8 Å². The molecule has 2 aromatic rings. The summed E-state index contributed by atoms with van der Waals surface area (Å²) in [5, 5.41) is 9.26. The summed E-state index contributed by atoms with van der Waals surface area (Å²) in [6.45, 7) is 1.99. The molecule has 9 nitrogen and oxygen atoms in total. The number of hydrogen-bond donors (Lipinski definition) is 3. The van der Waals surface area contributed by atoms with E-state index in [1.807, 2.05) is 7.05 Å². The Balaban J connectivity index is 1.47. The summed E-state index contributed by atoms with van der Waals surface area (Å²) >= 11 is 0. The van der Waals surface area contributed by atoms with E-state index in [1.165, 1.54) is 10.8 Å². The Kier molecular flexibility index (Phi) is 5.74. The highest BCUT2D eigenvalue weighted by molar-refractivity contribution is 5.88. The van der Waals surface area contributed by atoms with Crippen molar-refractivity contribution >= 4 is 11.5 Å². The molecule has 12 heteroatoms. The van der Waals surface area contributed by atoms with E-state index in [-0.39, 0.29) is 29.1 Å². The van der Waals surface area contributed by atoms with E-state index in [2.05, 4.69) is 15.8 Å². The molecule has 3 atom stereocenters. The molecule has 0 bridgehead atoms. The third kappa shape index (κ3) is 3.92. The number of carboxylic acids is 1. The minimum atomic E-state index is -4.79. The fourth-order valence-electron chi connectivity index (χ4n) is 5.77. The number of hydrogen-bond acceptors (Lipinski definition) is 6. The van der Waals surface area contributed by atoms with Gasteiger partial charge in [0.25, 0.3) is 0 Å². The van der Waals surface area contributed by atoms with Gasteiger partial charge in [0.1, 0.15) is 0 Å². The van der Waals surface area contributed by atoms with Gasteiger partial charge in [-0.15, -0.1) is 0 Å². The van der Waals surface area contributed by atoms with E-state index in [4.69, 9.17) is 4.74 Å². The van der Waals surface area contributed by atoms with Crippen molar-refractivity contribution < 1.29 is 27.8 Å². The molecule has 0 radical (unpaired) electrons. The van der Waals surface area contributed by atoms with Gasteiger partial charge in [-0.2, -0.15) is 13.2 Å². The monoisotopic (exact) mass is 483 g/mol. The topological polar surface area (TPSA) is 100 Å². The molecule has 2 saturated heterocycles. The predicted molar refractivity (Wildman–Crippen MR) is 115 cm³/mol. The number of rotatable bonds is 5. The molecule has 3 N–H and O–H groups in total. The van der Waals surface area contributed by atoms with Crippen LogP contribution in [0.5, 0.6) is 0 Å². The number of nitrogens with one attached hydrogen (secondary N) is 2. The molecule has 3 unspecified atom stereocenters. The van der Waals surface area contributed by atoms with Crippen LogP contribution >= 0.6 is 0 Å². The number of fused-ring (bicyclic) bond motifs is 1. The van der Waals surface area contributed by atoms with Gasteiger partial charge in [-0.25, -0.2) is 20.4 Å². The molecule has 2 aliphatic heterocycles. The molecule has 0 spiro atoms. The molecule has 5 rings (SSSR count). The molecule has 2 aromatic heterocycles. The summed E-state index contributed by atoms with van der Waals surface area (Å²) < 4.78 is 48.9. The van der Waals surface area contributed by atoms with Gasteiger partial charge in [0.15, 0.2) is 0 Å². The number of nitrogens with zero attached hydrogens (tertiary/aromatic N) is 3. The van der Waals surface area contributed by atoms with Crippen LogP contribution in [0.15, 0.2) is 23.3 Å². The number of imidazole rings is 1. The number of aromatic carboxylic acids is 1. The minimum absolute atomic E-state index is 0.0486. The van der Waals surface area contributed by atoms with Crippen LogP contribution in [-0.2, 0) is 10.9 Å². The van der Waals surface area contributed by atoms with E-state index in [0.29, 0.717) is 32.1 Å². The first kappa shape index (κ1) is 23.3. The molecule has 1 saturated carbocycles. The zero-order valence-electron chi connectivity index (χ0n) is 18.8. The lowest BCUT2D eigenvalue weighted by Gasteiger charge is -2.51. The van der Waals surface area contributed by atoms with Gasteiger partial charge in [-0.3, -0.25) is 13.9 Å². The molecule has 1 aliphatic carbocycles. The largest absolute Gasteiger partial charge is 0.478 e. The van der Waals surface area contributed by atoms with Gasteiger partial charge in [0.05, 0.1) is 42.7 Å². The highest BCUT2D eigenvalue weighted by Gasteiger charge is 2.49. The number of carboxylic acid groups (broad SMARTS) is 1. The molecule has 0 amide bonds.